The van der Waals surface area contributed by atoms with E-state index in [4.69, 9.17) is 4.42 Å². The van der Waals surface area contributed by atoms with Gasteiger partial charge in [0.1, 0.15) is 0 Å². The van der Waals surface area contributed by atoms with Gasteiger partial charge in [0, 0.05) is 24.4 Å². The van der Waals surface area contributed by atoms with Crippen LogP contribution in [0.15, 0.2) is 28.9 Å². The summed E-state index contributed by atoms with van der Waals surface area (Å²) in [6, 6.07) is 3.71. The van der Waals surface area contributed by atoms with Gasteiger partial charge in [-0.3, -0.25) is 4.98 Å². The van der Waals surface area contributed by atoms with E-state index < -0.39 is 0 Å². The molecule has 0 aliphatic rings. The summed E-state index contributed by atoms with van der Waals surface area (Å²) < 4.78 is 5.60. The van der Waals surface area contributed by atoms with Crippen molar-refractivity contribution in [1.82, 2.24) is 15.2 Å². The second kappa shape index (κ2) is 4.04. The average Bonchev–Trinajstić information content (AvgIpc) is 2.65. The Bertz CT molecular complexity index is 457. The largest absolute Gasteiger partial charge is 0.421 e. The molecule has 0 aliphatic heterocycles. The molecule has 0 aromatic carbocycles. The number of hydrogen-bond acceptors (Lipinski definition) is 4. The number of nitrogens with zero attached hydrogens (tertiary/aromatic N) is 3. The van der Waals surface area contributed by atoms with E-state index in [2.05, 4.69) is 36.0 Å². The SMILES string of the molecule is CC(C)(C)Cc1nnc(-c2ccncc2)o1. The first-order valence-corrected chi connectivity index (χ1v) is 5.27. The van der Waals surface area contributed by atoms with Crippen molar-refractivity contribution in [3.63, 3.8) is 0 Å². The third-order valence-electron chi connectivity index (χ3n) is 2.08. The second-order valence-corrected chi connectivity index (χ2v) is 4.97. The van der Waals surface area contributed by atoms with Gasteiger partial charge in [-0.05, 0) is 17.5 Å². The lowest BCUT2D eigenvalue weighted by molar-refractivity contribution is 0.357. The van der Waals surface area contributed by atoms with Gasteiger partial charge in [-0.2, -0.15) is 0 Å². The molecule has 0 saturated heterocycles. The lowest BCUT2D eigenvalue weighted by atomic mass is 9.92. The molecule has 0 spiro atoms. The first-order valence-electron chi connectivity index (χ1n) is 5.27. The minimum absolute atomic E-state index is 0.155. The van der Waals surface area contributed by atoms with Crippen LogP contribution in [0.4, 0.5) is 0 Å². The quantitative estimate of drug-likeness (QED) is 0.776. The van der Waals surface area contributed by atoms with Gasteiger partial charge in [0.15, 0.2) is 0 Å². The Kier molecular flexibility index (Phi) is 2.73. The van der Waals surface area contributed by atoms with Gasteiger partial charge in [-0.1, -0.05) is 20.8 Å². The van der Waals surface area contributed by atoms with Gasteiger partial charge in [0.2, 0.25) is 11.8 Å². The van der Waals surface area contributed by atoms with Crippen LogP contribution in [0.3, 0.4) is 0 Å². The highest BCUT2D eigenvalue weighted by Crippen LogP contribution is 2.22. The van der Waals surface area contributed by atoms with Crippen molar-refractivity contribution in [2.45, 2.75) is 27.2 Å². The molecule has 0 amide bonds. The molecule has 0 fully saturated rings. The van der Waals surface area contributed by atoms with E-state index in [1.165, 1.54) is 0 Å². The lowest BCUT2D eigenvalue weighted by Crippen LogP contribution is -2.09. The molecule has 2 aromatic heterocycles. The summed E-state index contributed by atoms with van der Waals surface area (Å²) in [5.74, 6) is 1.24. The summed E-state index contributed by atoms with van der Waals surface area (Å²) in [4.78, 5) is 3.95. The maximum absolute atomic E-state index is 5.60. The predicted octanol–water partition coefficient (Wildman–Crippen LogP) is 2.72. The fourth-order valence-electron chi connectivity index (χ4n) is 1.39. The van der Waals surface area contributed by atoms with E-state index in [1.54, 1.807) is 12.4 Å². The fraction of sp³-hybridized carbons (Fsp3) is 0.417. The third kappa shape index (κ3) is 2.66. The highest BCUT2D eigenvalue weighted by atomic mass is 16.4. The van der Waals surface area contributed by atoms with Crippen molar-refractivity contribution in [1.29, 1.82) is 0 Å². The average molecular weight is 217 g/mol. The Morgan fingerprint density at radius 1 is 1.12 bits per heavy atom. The Morgan fingerprint density at radius 2 is 1.81 bits per heavy atom. The first kappa shape index (κ1) is 10.8. The molecule has 0 radical (unpaired) electrons. The van der Waals surface area contributed by atoms with Crippen molar-refractivity contribution in [3.8, 4) is 11.5 Å². The zero-order valence-corrected chi connectivity index (χ0v) is 9.77. The molecule has 84 valence electrons. The maximum Gasteiger partial charge on any atom is 0.247 e. The summed E-state index contributed by atoms with van der Waals surface area (Å²) in [6.07, 6.45) is 4.21. The van der Waals surface area contributed by atoms with E-state index in [9.17, 15) is 0 Å². The number of rotatable bonds is 2. The van der Waals surface area contributed by atoms with E-state index in [0.29, 0.717) is 11.8 Å². The minimum Gasteiger partial charge on any atom is -0.421 e. The molecular formula is C12H15N3O. The van der Waals surface area contributed by atoms with E-state index >= 15 is 0 Å². The van der Waals surface area contributed by atoms with E-state index in [-0.39, 0.29) is 5.41 Å². The maximum atomic E-state index is 5.60. The molecule has 0 unspecified atom stereocenters. The van der Waals surface area contributed by atoms with Crippen LogP contribution in [0, 0.1) is 5.41 Å². The van der Waals surface area contributed by atoms with Gasteiger partial charge in [0.05, 0.1) is 0 Å². The smallest absolute Gasteiger partial charge is 0.247 e. The normalized spacial score (nSPS) is 11.7. The monoisotopic (exact) mass is 217 g/mol. The third-order valence-corrected chi connectivity index (χ3v) is 2.08. The van der Waals surface area contributed by atoms with E-state index in [1.807, 2.05) is 12.1 Å². The summed E-state index contributed by atoms with van der Waals surface area (Å²) >= 11 is 0. The van der Waals surface area contributed by atoms with Crippen LogP contribution >= 0.6 is 0 Å². The Balaban J connectivity index is 2.21. The molecule has 4 heteroatoms. The van der Waals surface area contributed by atoms with Gasteiger partial charge >= 0.3 is 0 Å². The van der Waals surface area contributed by atoms with Crippen LogP contribution in [0.5, 0.6) is 0 Å². The van der Waals surface area contributed by atoms with Crippen molar-refractivity contribution in [2.75, 3.05) is 0 Å². The molecular weight excluding hydrogens is 202 g/mol. The van der Waals surface area contributed by atoms with Crippen LogP contribution in [-0.4, -0.2) is 15.2 Å². The number of hydrogen-bond donors (Lipinski definition) is 0. The standard InChI is InChI=1S/C12H15N3O/c1-12(2,3)8-10-14-15-11(16-10)9-4-6-13-7-5-9/h4-7H,8H2,1-3H3. The molecule has 0 saturated carbocycles. The van der Waals surface area contributed by atoms with Crippen molar-refractivity contribution in [2.24, 2.45) is 5.41 Å². The second-order valence-electron chi connectivity index (χ2n) is 4.97. The van der Waals surface area contributed by atoms with Crippen molar-refractivity contribution >= 4 is 0 Å². The molecule has 2 heterocycles. The predicted molar refractivity (Wildman–Crippen MR) is 60.7 cm³/mol. The Labute approximate surface area is 94.7 Å². The van der Waals surface area contributed by atoms with Gasteiger partial charge in [-0.25, -0.2) is 0 Å². The molecule has 0 atom stereocenters. The molecule has 2 rings (SSSR count). The molecule has 16 heavy (non-hydrogen) atoms. The summed E-state index contributed by atoms with van der Waals surface area (Å²) in [6.45, 7) is 6.43. The van der Waals surface area contributed by atoms with Crippen molar-refractivity contribution in [3.05, 3.63) is 30.4 Å². The fourth-order valence-corrected chi connectivity index (χ4v) is 1.39. The van der Waals surface area contributed by atoms with Gasteiger partial charge in [0.25, 0.3) is 0 Å². The zero-order valence-electron chi connectivity index (χ0n) is 9.77. The van der Waals surface area contributed by atoms with Crippen LogP contribution in [0.2, 0.25) is 0 Å². The Morgan fingerprint density at radius 3 is 2.44 bits per heavy atom. The summed E-state index contributed by atoms with van der Waals surface area (Å²) in [5.41, 5.74) is 1.06. The van der Waals surface area contributed by atoms with Crippen LogP contribution < -0.4 is 0 Å². The summed E-state index contributed by atoms with van der Waals surface area (Å²) in [5, 5.41) is 8.07. The molecule has 0 bridgehead atoms. The van der Waals surface area contributed by atoms with Crippen LogP contribution in [0.25, 0.3) is 11.5 Å². The lowest BCUT2D eigenvalue weighted by Gasteiger charge is -2.14. The van der Waals surface area contributed by atoms with Gasteiger partial charge < -0.3 is 4.42 Å². The molecule has 0 N–H and O–H groups in total. The van der Waals surface area contributed by atoms with Crippen LogP contribution in [0.1, 0.15) is 26.7 Å². The topological polar surface area (TPSA) is 51.8 Å². The molecule has 4 nitrogen and oxygen atoms in total. The van der Waals surface area contributed by atoms with Gasteiger partial charge in [-0.15, -0.1) is 10.2 Å². The Hall–Kier alpha value is -1.71. The molecule has 0 aliphatic carbocycles. The first-order chi connectivity index (χ1) is 7.54. The van der Waals surface area contributed by atoms with Crippen molar-refractivity contribution < 1.29 is 4.42 Å². The highest BCUT2D eigenvalue weighted by molar-refractivity contribution is 5.50. The van der Waals surface area contributed by atoms with E-state index in [0.717, 1.165) is 12.0 Å². The van der Waals surface area contributed by atoms with Crippen LogP contribution in [-0.2, 0) is 6.42 Å². The number of pyridine rings is 1. The highest BCUT2D eigenvalue weighted by Gasteiger charge is 2.16. The zero-order chi connectivity index (χ0) is 11.6. The minimum atomic E-state index is 0.155. The number of aromatic nitrogens is 3. The molecule has 2 aromatic rings. The summed E-state index contributed by atoms with van der Waals surface area (Å²) in [7, 11) is 0.